The highest BCUT2D eigenvalue weighted by Crippen LogP contribution is 2.31. The molecule has 2 unspecified atom stereocenters. The molecule has 2 heteroatoms. The summed E-state index contributed by atoms with van der Waals surface area (Å²) in [5.74, 6) is 2.03. The van der Waals surface area contributed by atoms with Crippen LogP contribution in [0, 0.1) is 17.8 Å². The zero-order valence-corrected chi connectivity index (χ0v) is 14.7. The molecule has 124 valence electrons. The van der Waals surface area contributed by atoms with Crippen LogP contribution in [0.25, 0.3) is 0 Å². The van der Waals surface area contributed by atoms with Crippen LogP contribution < -0.4 is 0 Å². The van der Waals surface area contributed by atoms with Crippen molar-refractivity contribution < 1.29 is 4.79 Å². The maximum atomic E-state index is 12.4. The second-order valence-corrected chi connectivity index (χ2v) is 7.27. The van der Waals surface area contributed by atoms with Crippen molar-refractivity contribution in [1.29, 1.82) is 0 Å². The molecule has 2 rings (SSSR count). The average Bonchev–Trinajstić information content (AvgIpc) is 3.32. The van der Waals surface area contributed by atoms with Crippen molar-refractivity contribution in [2.75, 3.05) is 13.1 Å². The normalized spacial score (nSPS) is 25.3. The second kappa shape index (κ2) is 8.55. The molecule has 1 saturated carbocycles. The Balaban J connectivity index is 1.84. The van der Waals surface area contributed by atoms with E-state index in [4.69, 9.17) is 0 Å². The van der Waals surface area contributed by atoms with Gasteiger partial charge in [-0.2, -0.15) is 0 Å². The first-order chi connectivity index (χ1) is 10.6. The number of allylic oxidation sites excluding steroid dienone is 3. The Morgan fingerprint density at radius 2 is 2.09 bits per heavy atom. The molecule has 0 radical (unpaired) electrons. The highest BCUT2D eigenvalue weighted by atomic mass is 16.2. The molecule has 0 aromatic heterocycles. The molecule has 1 amide bonds. The van der Waals surface area contributed by atoms with Crippen molar-refractivity contribution in [1.82, 2.24) is 4.90 Å². The lowest BCUT2D eigenvalue weighted by Crippen LogP contribution is -2.33. The number of amides is 1. The maximum Gasteiger partial charge on any atom is 0.225 e. The fourth-order valence-electron chi connectivity index (χ4n) is 3.38. The summed E-state index contributed by atoms with van der Waals surface area (Å²) in [4.78, 5) is 14.5. The van der Waals surface area contributed by atoms with Gasteiger partial charge in [0.1, 0.15) is 0 Å². The fourth-order valence-corrected chi connectivity index (χ4v) is 3.38. The van der Waals surface area contributed by atoms with Crippen molar-refractivity contribution in [3.63, 3.8) is 0 Å². The lowest BCUT2D eigenvalue weighted by atomic mass is 9.82. The topological polar surface area (TPSA) is 20.3 Å². The zero-order valence-electron chi connectivity index (χ0n) is 14.7. The van der Waals surface area contributed by atoms with E-state index < -0.39 is 0 Å². The minimum Gasteiger partial charge on any atom is -0.339 e. The molecule has 0 saturated heterocycles. The van der Waals surface area contributed by atoms with Gasteiger partial charge in [0, 0.05) is 19.0 Å². The Kier molecular flexibility index (Phi) is 6.72. The largest absolute Gasteiger partial charge is 0.339 e. The quantitative estimate of drug-likeness (QED) is 0.458. The van der Waals surface area contributed by atoms with Gasteiger partial charge >= 0.3 is 0 Å². The second-order valence-electron chi connectivity index (χ2n) is 7.27. The Morgan fingerprint density at radius 3 is 2.73 bits per heavy atom. The van der Waals surface area contributed by atoms with Gasteiger partial charge in [0.05, 0.1) is 0 Å². The van der Waals surface area contributed by atoms with E-state index >= 15 is 0 Å². The van der Waals surface area contributed by atoms with Gasteiger partial charge in [0.2, 0.25) is 5.91 Å². The van der Waals surface area contributed by atoms with Crippen molar-refractivity contribution in [3.05, 3.63) is 23.8 Å². The SMILES string of the molecule is CCCCCN(C/C=C/C1CCC(C)=CC1C)C(=O)C1CC1. The van der Waals surface area contributed by atoms with E-state index in [1.165, 1.54) is 31.3 Å². The third kappa shape index (κ3) is 5.30. The van der Waals surface area contributed by atoms with Gasteiger partial charge < -0.3 is 4.90 Å². The first-order valence-electron chi connectivity index (χ1n) is 9.24. The van der Waals surface area contributed by atoms with E-state index in [0.29, 0.717) is 23.7 Å². The predicted molar refractivity (Wildman–Crippen MR) is 93.6 cm³/mol. The number of carbonyl (C=O) groups is 1. The van der Waals surface area contributed by atoms with E-state index in [1.54, 1.807) is 0 Å². The minimum atomic E-state index is 0.342. The molecular formula is C20H33NO. The lowest BCUT2D eigenvalue weighted by Gasteiger charge is -2.25. The van der Waals surface area contributed by atoms with Gasteiger partial charge in [0.25, 0.3) is 0 Å². The molecule has 0 bridgehead atoms. The first-order valence-corrected chi connectivity index (χ1v) is 9.24. The summed E-state index contributed by atoms with van der Waals surface area (Å²) in [6, 6.07) is 0. The molecule has 2 aliphatic rings. The minimum absolute atomic E-state index is 0.342. The highest BCUT2D eigenvalue weighted by Gasteiger charge is 2.32. The summed E-state index contributed by atoms with van der Waals surface area (Å²) in [6.07, 6.45) is 15.3. The predicted octanol–water partition coefficient (Wildman–Crippen LogP) is 4.96. The summed E-state index contributed by atoms with van der Waals surface area (Å²) in [5.41, 5.74) is 1.53. The first kappa shape index (κ1) is 17.3. The van der Waals surface area contributed by atoms with E-state index in [2.05, 4.69) is 43.9 Å². The third-order valence-corrected chi connectivity index (χ3v) is 5.07. The van der Waals surface area contributed by atoms with Gasteiger partial charge in [-0.25, -0.2) is 0 Å². The highest BCUT2D eigenvalue weighted by molar-refractivity contribution is 5.81. The molecule has 0 N–H and O–H groups in total. The van der Waals surface area contributed by atoms with Gasteiger partial charge in [-0.1, -0.05) is 50.5 Å². The maximum absolute atomic E-state index is 12.4. The van der Waals surface area contributed by atoms with Gasteiger partial charge in [-0.3, -0.25) is 4.79 Å². The van der Waals surface area contributed by atoms with Crippen molar-refractivity contribution in [2.24, 2.45) is 17.8 Å². The molecule has 0 aromatic carbocycles. The Hall–Kier alpha value is -1.05. The number of nitrogens with zero attached hydrogens (tertiary/aromatic N) is 1. The summed E-state index contributed by atoms with van der Waals surface area (Å²) in [7, 11) is 0. The van der Waals surface area contributed by atoms with Crippen LogP contribution in [0.15, 0.2) is 23.8 Å². The van der Waals surface area contributed by atoms with Crippen LogP contribution in [0.5, 0.6) is 0 Å². The Labute approximate surface area is 136 Å². The Bertz CT molecular complexity index is 419. The standard InChI is InChI=1S/C20H33NO/c1-4-5-6-13-21(20(22)19-11-12-19)14-7-8-18-10-9-16(2)15-17(18)3/h7-8,15,17-19H,4-6,9-14H2,1-3H3/b8-7+. The van der Waals surface area contributed by atoms with Gasteiger partial charge in [-0.15, -0.1) is 0 Å². The van der Waals surface area contributed by atoms with Crippen LogP contribution in [0.4, 0.5) is 0 Å². The zero-order chi connectivity index (χ0) is 15.9. The van der Waals surface area contributed by atoms with Crippen molar-refractivity contribution in [3.8, 4) is 0 Å². The number of hydrogen-bond acceptors (Lipinski definition) is 1. The summed E-state index contributed by atoms with van der Waals surface area (Å²) >= 11 is 0. The fraction of sp³-hybridized carbons (Fsp3) is 0.750. The number of carbonyl (C=O) groups excluding carboxylic acids is 1. The van der Waals surface area contributed by atoms with Crippen LogP contribution >= 0.6 is 0 Å². The van der Waals surface area contributed by atoms with E-state index in [1.807, 2.05) is 0 Å². The van der Waals surface area contributed by atoms with Crippen LogP contribution in [0.3, 0.4) is 0 Å². The molecule has 2 atom stereocenters. The third-order valence-electron chi connectivity index (χ3n) is 5.07. The molecule has 2 aliphatic carbocycles. The summed E-state index contributed by atoms with van der Waals surface area (Å²) in [5, 5.41) is 0. The van der Waals surface area contributed by atoms with Crippen LogP contribution in [-0.2, 0) is 4.79 Å². The monoisotopic (exact) mass is 303 g/mol. The molecular weight excluding hydrogens is 270 g/mol. The summed E-state index contributed by atoms with van der Waals surface area (Å²) < 4.78 is 0. The van der Waals surface area contributed by atoms with Crippen molar-refractivity contribution >= 4 is 5.91 Å². The van der Waals surface area contributed by atoms with Crippen LogP contribution in [0.1, 0.15) is 65.7 Å². The van der Waals surface area contributed by atoms with Crippen molar-refractivity contribution in [2.45, 2.75) is 65.7 Å². The van der Waals surface area contributed by atoms with E-state index in [-0.39, 0.29) is 0 Å². The molecule has 0 spiro atoms. The number of hydrogen-bond donors (Lipinski definition) is 0. The smallest absolute Gasteiger partial charge is 0.225 e. The van der Waals surface area contributed by atoms with Gasteiger partial charge in [0.15, 0.2) is 0 Å². The average molecular weight is 303 g/mol. The molecule has 1 fully saturated rings. The number of rotatable bonds is 8. The summed E-state index contributed by atoms with van der Waals surface area (Å²) in [6.45, 7) is 8.51. The molecule has 0 aliphatic heterocycles. The molecule has 0 heterocycles. The van der Waals surface area contributed by atoms with Gasteiger partial charge in [-0.05, 0) is 50.9 Å². The molecule has 2 nitrogen and oxygen atoms in total. The molecule has 22 heavy (non-hydrogen) atoms. The lowest BCUT2D eigenvalue weighted by molar-refractivity contribution is -0.132. The van der Waals surface area contributed by atoms with Crippen LogP contribution in [0.2, 0.25) is 0 Å². The molecule has 0 aromatic rings. The Morgan fingerprint density at radius 1 is 1.32 bits per heavy atom. The van der Waals surface area contributed by atoms with E-state index in [9.17, 15) is 4.79 Å². The van der Waals surface area contributed by atoms with Crippen LogP contribution in [-0.4, -0.2) is 23.9 Å². The number of unbranched alkanes of at least 4 members (excludes halogenated alkanes) is 2. The van der Waals surface area contributed by atoms with E-state index in [0.717, 1.165) is 32.4 Å².